The first-order valence-corrected chi connectivity index (χ1v) is 5.12. The zero-order valence-corrected chi connectivity index (χ0v) is 9.13. The van der Waals surface area contributed by atoms with Crippen LogP contribution in [0, 0.1) is 12.3 Å². The second kappa shape index (κ2) is 3.93. The molecule has 1 heterocycles. The quantitative estimate of drug-likeness (QED) is 0.754. The van der Waals surface area contributed by atoms with Crippen LogP contribution in [-0.2, 0) is 6.42 Å². The number of fused-ring (bicyclic) bond motifs is 1. The van der Waals surface area contributed by atoms with Crippen molar-refractivity contribution in [2.75, 3.05) is 6.79 Å². The van der Waals surface area contributed by atoms with Crippen LogP contribution < -0.4 is 9.47 Å². The van der Waals surface area contributed by atoms with Crippen molar-refractivity contribution in [3.05, 3.63) is 22.2 Å². The van der Waals surface area contributed by atoms with E-state index in [0.717, 1.165) is 34.4 Å². The summed E-state index contributed by atoms with van der Waals surface area (Å²) in [6, 6.07) is 3.90. The van der Waals surface area contributed by atoms with Crippen LogP contribution in [0.2, 0.25) is 0 Å². The number of rotatable bonds is 2. The molecule has 1 aromatic carbocycles. The number of ether oxygens (including phenoxy) is 2. The van der Waals surface area contributed by atoms with Crippen LogP contribution in [0.25, 0.3) is 0 Å². The smallest absolute Gasteiger partial charge is 0.231 e. The molecule has 0 aliphatic carbocycles. The SMILES string of the molecule is C#CCCc1cc2c(cc1Br)OCO2. The minimum atomic E-state index is 0.306. The van der Waals surface area contributed by atoms with E-state index in [4.69, 9.17) is 15.9 Å². The van der Waals surface area contributed by atoms with Crippen molar-refractivity contribution in [1.29, 1.82) is 0 Å². The summed E-state index contributed by atoms with van der Waals surface area (Å²) in [5.41, 5.74) is 1.16. The van der Waals surface area contributed by atoms with Crippen molar-refractivity contribution < 1.29 is 9.47 Å². The van der Waals surface area contributed by atoms with Gasteiger partial charge in [-0.1, -0.05) is 15.9 Å². The third-order valence-corrected chi connectivity index (χ3v) is 2.82. The van der Waals surface area contributed by atoms with Crippen LogP contribution in [0.5, 0.6) is 11.5 Å². The van der Waals surface area contributed by atoms with E-state index in [1.165, 1.54) is 0 Å². The lowest BCUT2D eigenvalue weighted by Gasteiger charge is -2.04. The molecule has 0 radical (unpaired) electrons. The standard InChI is InChI=1S/C11H9BrO2/c1-2-3-4-8-5-10-11(6-9(8)12)14-7-13-10/h1,5-6H,3-4,7H2. The Kier molecular flexibility index (Phi) is 2.64. The first-order valence-electron chi connectivity index (χ1n) is 4.33. The molecule has 0 unspecified atom stereocenters. The normalized spacial score (nSPS) is 12.6. The van der Waals surface area contributed by atoms with Crippen molar-refractivity contribution in [3.8, 4) is 23.8 Å². The molecule has 0 N–H and O–H groups in total. The minimum Gasteiger partial charge on any atom is -0.454 e. The molecule has 1 aliphatic rings. The molecule has 1 aliphatic heterocycles. The average molecular weight is 253 g/mol. The van der Waals surface area contributed by atoms with Gasteiger partial charge in [0.15, 0.2) is 11.5 Å². The van der Waals surface area contributed by atoms with Gasteiger partial charge in [-0.2, -0.15) is 0 Å². The topological polar surface area (TPSA) is 18.5 Å². The summed E-state index contributed by atoms with van der Waals surface area (Å²) in [5.74, 6) is 4.22. The molecule has 3 heteroatoms. The predicted octanol–water partition coefficient (Wildman–Crippen LogP) is 2.74. The van der Waals surface area contributed by atoms with Gasteiger partial charge in [-0.05, 0) is 24.1 Å². The first kappa shape index (κ1) is 9.42. The number of terminal acetylenes is 1. The van der Waals surface area contributed by atoms with Crippen molar-refractivity contribution in [3.63, 3.8) is 0 Å². The van der Waals surface area contributed by atoms with Crippen LogP contribution >= 0.6 is 15.9 Å². The number of hydrogen-bond donors (Lipinski definition) is 0. The number of aryl methyl sites for hydroxylation is 1. The number of hydrogen-bond acceptors (Lipinski definition) is 2. The number of benzene rings is 1. The van der Waals surface area contributed by atoms with E-state index in [9.17, 15) is 0 Å². The molecule has 0 saturated heterocycles. The van der Waals surface area contributed by atoms with Gasteiger partial charge in [-0.3, -0.25) is 0 Å². The fourth-order valence-corrected chi connectivity index (χ4v) is 1.88. The molecule has 0 spiro atoms. The summed E-state index contributed by atoms with van der Waals surface area (Å²) >= 11 is 3.48. The highest BCUT2D eigenvalue weighted by Gasteiger charge is 2.15. The Bertz CT molecular complexity index is 393. The van der Waals surface area contributed by atoms with Gasteiger partial charge in [0.1, 0.15) is 0 Å². The second-order valence-corrected chi connectivity index (χ2v) is 3.86. The van der Waals surface area contributed by atoms with Crippen LogP contribution in [0.4, 0.5) is 0 Å². The summed E-state index contributed by atoms with van der Waals surface area (Å²) in [7, 11) is 0. The Morgan fingerprint density at radius 1 is 1.36 bits per heavy atom. The molecule has 2 rings (SSSR count). The van der Waals surface area contributed by atoms with Crippen LogP contribution in [-0.4, -0.2) is 6.79 Å². The fourth-order valence-electron chi connectivity index (χ4n) is 1.36. The average Bonchev–Trinajstić information content (AvgIpc) is 2.61. The molecule has 0 saturated carbocycles. The highest BCUT2D eigenvalue weighted by Crippen LogP contribution is 2.37. The van der Waals surface area contributed by atoms with Crippen molar-refractivity contribution in [2.24, 2.45) is 0 Å². The zero-order chi connectivity index (χ0) is 9.97. The molecule has 2 nitrogen and oxygen atoms in total. The monoisotopic (exact) mass is 252 g/mol. The van der Waals surface area contributed by atoms with Gasteiger partial charge < -0.3 is 9.47 Å². The lowest BCUT2D eigenvalue weighted by atomic mass is 10.1. The van der Waals surface area contributed by atoms with E-state index in [2.05, 4.69) is 21.9 Å². The van der Waals surface area contributed by atoms with Gasteiger partial charge in [0, 0.05) is 10.9 Å². The van der Waals surface area contributed by atoms with Crippen molar-refractivity contribution in [1.82, 2.24) is 0 Å². The lowest BCUT2D eigenvalue weighted by molar-refractivity contribution is 0.174. The maximum Gasteiger partial charge on any atom is 0.231 e. The Morgan fingerprint density at radius 3 is 2.79 bits per heavy atom. The van der Waals surface area contributed by atoms with Gasteiger partial charge in [0.25, 0.3) is 0 Å². The van der Waals surface area contributed by atoms with E-state index in [0.29, 0.717) is 6.79 Å². The third kappa shape index (κ3) is 1.71. The maximum absolute atomic E-state index is 5.28. The Labute approximate surface area is 91.3 Å². The summed E-state index contributed by atoms with van der Waals surface area (Å²) in [5, 5.41) is 0. The van der Waals surface area contributed by atoms with E-state index in [-0.39, 0.29) is 0 Å². The van der Waals surface area contributed by atoms with E-state index in [1.807, 2.05) is 12.1 Å². The number of halogens is 1. The highest BCUT2D eigenvalue weighted by molar-refractivity contribution is 9.10. The van der Waals surface area contributed by atoms with E-state index >= 15 is 0 Å². The Hall–Kier alpha value is -1.14. The zero-order valence-electron chi connectivity index (χ0n) is 7.55. The molecule has 0 aromatic heterocycles. The van der Waals surface area contributed by atoms with Crippen LogP contribution in [0.15, 0.2) is 16.6 Å². The van der Waals surface area contributed by atoms with Gasteiger partial charge >= 0.3 is 0 Å². The van der Waals surface area contributed by atoms with Gasteiger partial charge in [-0.25, -0.2) is 0 Å². The second-order valence-electron chi connectivity index (χ2n) is 3.00. The molecule has 0 atom stereocenters. The summed E-state index contributed by atoms with van der Waals surface area (Å²) in [6.07, 6.45) is 6.81. The van der Waals surface area contributed by atoms with Crippen molar-refractivity contribution in [2.45, 2.75) is 12.8 Å². The van der Waals surface area contributed by atoms with Gasteiger partial charge in [0.05, 0.1) is 0 Å². The van der Waals surface area contributed by atoms with Crippen LogP contribution in [0.3, 0.4) is 0 Å². The summed E-state index contributed by atoms with van der Waals surface area (Å²) < 4.78 is 11.6. The summed E-state index contributed by atoms with van der Waals surface area (Å²) in [6.45, 7) is 0.306. The molecular weight excluding hydrogens is 244 g/mol. The van der Waals surface area contributed by atoms with Crippen LogP contribution in [0.1, 0.15) is 12.0 Å². The molecule has 0 amide bonds. The molecule has 1 aromatic rings. The highest BCUT2D eigenvalue weighted by atomic mass is 79.9. The van der Waals surface area contributed by atoms with E-state index in [1.54, 1.807) is 0 Å². The largest absolute Gasteiger partial charge is 0.454 e. The Morgan fingerprint density at radius 2 is 2.07 bits per heavy atom. The molecule has 14 heavy (non-hydrogen) atoms. The predicted molar refractivity (Wildman–Crippen MR) is 57.4 cm³/mol. The maximum atomic E-state index is 5.28. The van der Waals surface area contributed by atoms with Crippen molar-refractivity contribution >= 4 is 15.9 Å². The summed E-state index contributed by atoms with van der Waals surface area (Å²) in [4.78, 5) is 0. The molecular formula is C11H9BrO2. The molecule has 72 valence electrons. The molecule has 0 bridgehead atoms. The van der Waals surface area contributed by atoms with Gasteiger partial charge in [-0.15, -0.1) is 12.3 Å². The van der Waals surface area contributed by atoms with Gasteiger partial charge in [0.2, 0.25) is 6.79 Å². The third-order valence-electron chi connectivity index (χ3n) is 2.08. The van der Waals surface area contributed by atoms with E-state index < -0.39 is 0 Å². The Balaban J connectivity index is 2.29. The fraction of sp³-hybridized carbons (Fsp3) is 0.273. The first-order chi connectivity index (χ1) is 6.81. The lowest BCUT2D eigenvalue weighted by Crippen LogP contribution is -1.92. The minimum absolute atomic E-state index is 0.306. The molecule has 0 fully saturated rings.